The molecule has 0 aromatic heterocycles. The third-order valence-electron chi connectivity index (χ3n) is 9.54. The van der Waals surface area contributed by atoms with Crippen molar-refractivity contribution >= 4 is 27.3 Å². The third kappa shape index (κ3) is 5.82. The fourth-order valence-electron chi connectivity index (χ4n) is 7.02. The minimum Gasteiger partial charge on any atom is -0.458 e. The number of aliphatic hydroxyl groups is 2. The Morgan fingerprint density at radius 1 is 0.727 bits per heavy atom. The van der Waals surface area contributed by atoms with Gasteiger partial charge in [0.15, 0.2) is 22.6 Å². The van der Waals surface area contributed by atoms with Gasteiger partial charge in [-0.05, 0) is 83.7 Å². The second kappa shape index (κ2) is 13.3. The molecule has 0 spiro atoms. The summed E-state index contributed by atoms with van der Waals surface area (Å²) in [7, 11) is 0. The van der Waals surface area contributed by atoms with Gasteiger partial charge in [-0.2, -0.15) is 35.1 Å². The SMILES string of the molecule is [C-]#[N+]c1cc(F)cc(Oc2ccc3c(c2Br)C(O)(CC=C)C(F)(F)C3(F)F)c1.[C-]#[N+]c1cc(F)cc(Oc2ccc3c4c2CCCC4(O)C(F)(F)C3(F)F)c1. The van der Waals surface area contributed by atoms with E-state index in [0.717, 1.165) is 54.6 Å². The quantitative estimate of drug-likeness (QED) is 0.115. The van der Waals surface area contributed by atoms with Crippen molar-refractivity contribution in [2.45, 2.75) is 60.6 Å². The molecule has 0 radical (unpaired) electrons. The molecule has 0 saturated carbocycles. The van der Waals surface area contributed by atoms with Crippen LogP contribution in [0.5, 0.6) is 23.0 Å². The van der Waals surface area contributed by atoms with E-state index in [1.54, 1.807) is 0 Å². The molecule has 0 amide bonds. The van der Waals surface area contributed by atoms with Crippen LogP contribution in [0.15, 0.2) is 77.8 Å². The standard InChI is InChI=1S/C19H11BrF5NO2.C19H12F5NO2/c1-3-6-17(27)15-13(18(22,23)19(17,24)25)4-5-14(16(15)20)28-12-8-10(21)7-11(9-12)26-2;1-25-11-7-10(20)8-12(9-11)27-15-5-4-14-16-13(15)3-2-6-17(16,26)19(23,24)18(14,21)22/h3-5,7-9,27H,1,6H2;4-5,7-9,26H,2-3,6H2. The summed E-state index contributed by atoms with van der Waals surface area (Å²) < 4.78 is 153. The predicted molar refractivity (Wildman–Crippen MR) is 179 cm³/mol. The largest absolute Gasteiger partial charge is 0.458 e. The Kier molecular flexibility index (Phi) is 9.56. The molecule has 0 fully saturated rings. The first kappa shape index (κ1) is 39.6. The second-order valence-corrected chi connectivity index (χ2v) is 13.6. The van der Waals surface area contributed by atoms with Crippen LogP contribution in [-0.4, -0.2) is 22.1 Å². The highest BCUT2D eigenvalue weighted by atomic mass is 79.9. The molecule has 17 heteroatoms. The van der Waals surface area contributed by atoms with Gasteiger partial charge in [0.1, 0.15) is 34.6 Å². The summed E-state index contributed by atoms with van der Waals surface area (Å²) in [5, 5.41) is 21.0. The van der Waals surface area contributed by atoms with Crippen molar-refractivity contribution in [3.8, 4) is 23.0 Å². The zero-order valence-corrected chi connectivity index (χ0v) is 29.2. The Morgan fingerprint density at radius 3 is 1.75 bits per heavy atom. The number of rotatable bonds is 6. The summed E-state index contributed by atoms with van der Waals surface area (Å²) in [6.45, 7) is 17.1. The van der Waals surface area contributed by atoms with Gasteiger partial charge in [0.25, 0.3) is 0 Å². The van der Waals surface area contributed by atoms with Crippen molar-refractivity contribution in [2.24, 2.45) is 0 Å². The maximum atomic E-state index is 14.4. The fraction of sp³-hybridized carbons (Fsp3) is 0.263. The monoisotopic (exact) mass is 840 g/mol. The van der Waals surface area contributed by atoms with Gasteiger partial charge in [-0.25, -0.2) is 18.5 Å². The van der Waals surface area contributed by atoms with Crippen LogP contribution in [0, 0.1) is 24.8 Å². The van der Waals surface area contributed by atoms with E-state index in [9.17, 15) is 54.1 Å². The molecule has 4 aromatic rings. The second-order valence-electron chi connectivity index (χ2n) is 12.8. The lowest BCUT2D eigenvalue weighted by molar-refractivity contribution is -0.288. The van der Waals surface area contributed by atoms with Crippen molar-refractivity contribution in [1.29, 1.82) is 0 Å². The van der Waals surface area contributed by atoms with E-state index in [-0.39, 0.29) is 57.3 Å². The zero-order chi connectivity index (χ0) is 40.5. The van der Waals surface area contributed by atoms with E-state index in [1.165, 1.54) is 12.1 Å². The van der Waals surface area contributed by atoms with E-state index >= 15 is 0 Å². The van der Waals surface area contributed by atoms with Crippen LogP contribution >= 0.6 is 15.9 Å². The molecule has 2 atom stereocenters. The summed E-state index contributed by atoms with van der Waals surface area (Å²) >= 11 is 2.95. The van der Waals surface area contributed by atoms with Crippen molar-refractivity contribution in [2.75, 3.05) is 0 Å². The molecule has 7 rings (SSSR count). The van der Waals surface area contributed by atoms with Gasteiger partial charge in [-0.1, -0.05) is 6.08 Å². The molecule has 3 aliphatic rings. The van der Waals surface area contributed by atoms with Crippen LogP contribution in [0.3, 0.4) is 0 Å². The minimum absolute atomic E-state index is 0.0260. The van der Waals surface area contributed by atoms with E-state index in [1.807, 2.05) is 0 Å². The lowest BCUT2D eigenvalue weighted by Crippen LogP contribution is -2.49. The van der Waals surface area contributed by atoms with Gasteiger partial charge in [0.05, 0.1) is 17.6 Å². The smallest absolute Gasteiger partial charge is 0.346 e. The molecule has 0 bridgehead atoms. The highest BCUT2D eigenvalue weighted by molar-refractivity contribution is 9.10. The van der Waals surface area contributed by atoms with Crippen LogP contribution < -0.4 is 9.47 Å². The van der Waals surface area contributed by atoms with Crippen molar-refractivity contribution < 1.29 is 63.6 Å². The van der Waals surface area contributed by atoms with Crippen molar-refractivity contribution in [1.82, 2.24) is 0 Å². The first-order valence-corrected chi connectivity index (χ1v) is 16.7. The van der Waals surface area contributed by atoms with Crippen LogP contribution in [0.4, 0.5) is 55.3 Å². The Labute approximate surface area is 314 Å². The Bertz CT molecular complexity index is 2340. The summed E-state index contributed by atoms with van der Waals surface area (Å²) in [6, 6.07) is 9.95. The molecule has 55 heavy (non-hydrogen) atoms. The molecule has 2 unspecified atom stereocenters. The highest BCUT2D eigenvalue weighted by Crippen LogP contribution is 2.66. The minimum atomic E-state index is -4.80. The third-order valence-corrected chi connectivity index (χ3v) is 10.3. The van der Waals surface area contributed by atoms with Crippen molar-refractivity contribution in [3.05, 3.63) is 140 Å². The first-order chi connectivity index (χ1) is 25.6. The molecule has 286 valence electrons. The maximum absolute atomic E-state index is 14.4. The van der Waals surface area contributed by atoms with Gasteiger partial charge < -0.3 is 19.7 Å². The molecule has 0 saturated heterocycles. The zero-order valence-electron chi connectivity index (χ0n) is 27.6. The summed E-state index contributed by atoms with van der Waals surface area (Å²) in [4.78, 5) is 6.17. The van der Waals surface area contributed by atoms with Crippen LogP contribution in [-0.2, 0) is 29.5 Å². The molecule has 6 nitrogen and oxygen atoms in total. The molecule has 0 heterocycles. The summed E-state index contributed by atoms with van der Waals surface area (Å²) in [5.41, 5.74) is -9.49. The van der Waals surface area contributed by atoms with Crippen molar-refractivity contribution in [3.63, 3.8) is 0 Å². The van der Waals surface area contributed by atoms with Crippen LogP contribution in [0.1, 0.15) is 47.1 Å². The van der Waals surface area contributed by atoms with Crippen LogP contribution in [0.25, 0.3) is 9.69 Å². The number of hydrogen-bond donors (Lipinski definition) is 2. The number of ether oxygens (including phenoxy) is 2. The van der Waals surface area contributed by atoms with Gasteiger partial charge >= 0.3 is 23.7 Å². The molecular formula is C38H23BrF10N2O4. The fourth-order valence-corrected chi connectivity index (χ4v) is 7.77. The molecule has 2 N–H and O–H groups in total. The van der Waals surface area contributed by atoms with E-state index in [4.69, 9.17) is 22.6 Å². The number of halogens is 11. The molecule has 3 aliphatic carbocycles. The summed E-state index contributed by atoms with van der Waals surface area (Å²) in [5.74, 6) is -20.5. The van der Waals surface area contributed by atoms with E-state index in [2.05, 4.69) is 32.2 Å². The van der Waals surface area contributed by atoms with Gasteiger partial charge in [0.2, 0.25) is 0 Å². The first-order valence-electron chi connectivity index (χ1n) is 15.9. The van der Waals surface area contributed by atoms with E-state index < -0.39 is 81.6 Å². The molecular weight excluding hydrogens is 818 g/mol. The lowest BCUT2D eigenvalue weighted by atomic mass is 9.78. The Hall–Kier alpha value is -5.10. The average Bonchev–Trinajstić information content (AvgIpc) is 3.31. The lowest BCUT2D eigenvalue weighted by Gasteiger charge is -2.36. The topological polar surface area (TPSA) is 67.6 Å². The maximum Gasteiger partial charge on any atom is 0.346 e. The number of hydrogen-bond acceptors (Lipinski definition) is 4. The number of alkyl halides is 8. The number of fused-ring (bicyclic) bond motifs is 1. The number of benzene rings is 4. The highest BCUT2D eigenvalue weighted by Gasteiger charge is 2.77. The molecule has 0 aliphatic heterocycles. The number of nitrogens with zero attached hydrogens (tertiary/aromatic N) is 2. The average molecular weight is 841 g/mol. The molecule has 4 aromatic carbocycles. The van der Waals surface area contributed by atoms with E-state index in [0.29, 0.717) is 0 Å². The normalized spacial score (nSPS) is 22.9. The predicted octanol–water partition coefficient (Wildman–Crippen LogP) is 11.9. The van der Waals surface area contributed by atoms with Gasteiger partial charge in [0, 0.05) is 46.4 Å². The van der Waals surface area contributed by atoms with Gasteiger partial charge in [-0.15, -0.1) is 6.58 Å². The van der Waals surface area contributed by atoms with Gasteiger partial charge in [-0.3, -0.25) is 0 Å². The Balaban J connectivity index is 0.000000187. The van der Waals surface area contributed by atoms with Crippen LogP contribution in [0.2, 0.25) is 0 Å². The Morgan fingerprint density at radius 2 is 1.22 bits per heavy atom. The summed E-state index contributed by atoms with van der Waals surface area (Å²) in [6.07, 6.45) is -0.218.